The summed E-state index contributed by atoms with van der Waals surface area (Å²) in [5, 5.41) is 0. The minimum atomic E-state index is -6.00. The molecule has 1 rings (SSSR count). The minimum absolute atomic E-state index is 0.0737. The zero-order valence-electron chi connectivity index (χ0n) is 7.38. The molecule has 16 heavy (non-hydrogen) atoms. The highest BCUT2D eigenvalue weighted by atomic mass is 19.4. The molecule has 0 spiro atoms. The van der Waals surface area contributed by atoms with Gasteiger partial charge in [-0.3, -0.25) is 0 Å². The van der Waals surface area contributed by atoms with Gasteiger partial charge >= 0.3 is 12.1 Å². The van der Waals surface area contributed by atoms with Crippen molar-refractivity contribution in [3.63, 3.8) is 0 Å². The molecule has 0 atom stereocenters. The summed E-state index contributed by atoms with van der Waals surface area (Å²) in [5.74, 6) is -8.92. The van der Waals surface area contributed by atoms with Gasteiger partial charge in [0.25, 0.3) is 0 Å². The van der Waals surface area contributed by atoms with Gasteiger partial charge in [-0.15, -0.1) is 0 Å². The Morgan fingerprint density at radius 2 is 1.38 bits per heavy atom. The molecule has 8 heteroatoms. The molecular formula is C8H4F7N. The third-order valence-corrected chi connectivity index (χ3v) is 1.78. The van der Waals surface area contributed by atoms with Crippen LogP contribution < -0.4 is 5.73 Å². The van der Waals surface area contributed by atoms with E-state index in [0.29, 0.717) is 0 Å². The van der Waals surface area contributed by atoms with Crippen molar-refractivity contribution in [2.75, 3.05) is 5.73 Å². The van der Waals surface area contributed by atoms with Crippen molar-refractivity contribution in [1.82, 2.24) is 0 Å². The molecule has 0 aliphatic heterocycles. The maximum Gasteiger partial charge on any atom is 0.458 e. The summed E-state index contributed by atoms with van der Waals surface area (Å²) in [6.45, 7) is 0. The summed E-state index contributed by atoms with van der Waals surface area (Å²) in [7, 11) is 0. The molecule has 2 N–H and O–H groups in total. The molecule has 0 radical (unpaired) electrons. The van der Waals surface area contributed by atoms with Gasteiger partial charge in [0.1, 0.15) is 11.6 Å². The molecule has 1 aromatic carbocycles. The molecule has 0 fully saturated rings. The fourth-order valence-corrected chi connectivity index (χ4v) is 0.956. The fraction of sp³-hybridized carbons (Fsp3) is 0.250. The van der Waals surface area contributed by atoms with Gasteiger partial charge in [-0.1, -0.05) is 0 Å². The summed E-state index contributed by atoms with van der Waals surface area (Å²) in [5.41, 5.74) is 1.86. The first-order chi connectivity index (χ1) is 7.07. The number of hydrogen-bond acceptors (Lipinski definition) is 1. The maximum atomic E-state index is 12.8. The van der Waals surface area contributed by atoms with Crippen molar-refractivity contribution in [2.24, 2.45) is 0 Å². The molecule has 0 aliphatic carbocycles. The highest BCUT2D eigenvalue weighted by Gasteiger charge is 2.60. The summed E-state index contributed by atoms with van der Waals surface area (Å²) in [6, 6.07) is -0.192. The van der Waals surface area contributed by atoms with E-state index in [2.05, 4.69) is 0 Å². The Labute approximate surface area is 84.7 Å². The second-order valence-corrected chi connectivity index (χ2v) is 2.93. The molecular weight excluding hydrogens is 243 g/mol. The molecule has 90 valence electrons. The Bertz CT molecular complexity index is 410. The Balaban J connectivity index is 3.39. The summed E-state index contributed by atoms with van der Waals surface area (Å²) in [4.78, 5) is 0. The van der Waals surface area contributed by atoms with Crippen LogP contribution in [0.15, 0.2) is 12.1 Å². The van der Waals surface area contributed by atoms with Crippen LogP contribution in [-0.4, -0.2) is 6.18 Å². The molecule has 0 amide bonds. The van der Waals surface area contributed by atoms with E-state index in [1.54, 1.807) is 0 Å². The molecule has 0 heterocycles. The first-order valence-corrected chi connectivity index (χ1v) is 3.77. The second kappa shape index (κ2) is 3.53. The van der Waals surface area contributed by atoms with Crippen LogP contribution in [0.2, 0.25) is 0 Å². The summed E-state index contributed by atoms with van der Waals surface area (Å²) >= 11 is 0. The average Bonchev–Trinajstić information content (AvgIpc) is 2.09. The van der Waals surface area contributed by atoms with E-state index in [1.165, 1.54) is 0 Å². The van der Waals surface area contributed by atoms with Crippen LogP contribution in [0.1, 0.15) is 5.56 Å². The number of nitrogens with two attached hydrogens (primary N) is 1. The number of halogens is 7. The fourth-order valence-electron chi connectivity index (χ4n) is 0.956. The quantitative estimate of drug-likeness (QED) is 0.598. The molecule has 0 aromatic heterocycles. The normalized spacial score (nSPS) is 12.9. The third kappa shape index (κ3) is 1.91. The van der Waals surface area contributed by atoms with Crippen molar-refractivity contribution in [1.29, 1.82) is 0 Å². The van der Waals surface area contributed by atoms with Crippen molar-refractivity contribution < 1.29 is 30.7 Å². The van der Waals surface area contributed by atoms with Crippen LogP contribution in [0.4, 0.5) is 36.4 Å². The molecule has 0 aliphatic rings. The standard InChI is InChI=1S/C8H4F7N/c9-4-2-6(16)5(10)1-3(4)7(11,12)8(13,14)15/h1-2H,16H2. The number of benzene rings is 1. The summed E-state index contributed by atoms with van der Waals surface area (Å²) in [6.07, 6.45) is -6.00. The van der Waals surface area contributed by atoms with E-state index in [9.17, 15) is 30.7 Å². The Morgan fingerprint density at radius 3 is 1.81 bits per heavy atom. The number of alkyl halides is 5. The van der Waals surface area contributed by atoms with Gasteiger partial charge in [0, 0.05) is 6.07 Å². The Morgan fingerprint density at radius 1 is 0.875 bits per heavy atom. The predicted molar refractivity (Wildman–Crippen MR) is 40.7 cm³/mol. The van der Waals surface area contributed by atoms with Gasteiger partial charge in [-0.05, 0) is 6.07 Å². The zero-order chi connectivity index (χ0) is 12.7. The van der Waals surface area contributed by atoms with Crippen LogP contribution in [-0.2, 0) is 5.92 Å². The van der Waals surface area contributed by atoms with Crippen LogP contribution in [0.3, 0.4) is 0 Å². The van der Waals surface area contributed by atoms with E-state index in [4.69, 9.17) is 5.73 Å². The van der Waals surface area contributed by atoms with Crippen molar-refractivity contribution >= 4 is 5.69 Å². The molecule has 0 saturated carbocycles. The highest BCUT2D eigenvalue weighted by Crippen LogP contribution is 2.45. The van der Waals surface area contributed by atoms with Crippen molar-refractivity contribution in [3.05, 3.63) is 29.3 Å². The van der Waals surface area contributed by atoms with E-state index in [0.717, 1.165) is 0 Å². The van der Waals surface area contributed by atoms with E-state index < -0.39 is 35.0 Å². The van der Waals surface area contributed by atoms with Gasteiger partial charge in [-0.2, -0.15) is 22.0 Å². The molecule has 1 nitrogen and oxygen atoms in total. The van der Waals surface area contributed by atoms with E-state index in [1.807, 2.05) is 0 Å². The molecule has 1 aromatic rings. The van der Waals surface area contributed by atoms with Crippen LogP contribution in [0.25, 0.3) is 0 Å². The summed E-state index contributed by atoms with van der Waals surface area (Å²) < 4.78 is 86.4. The topological polar surface area (TPSA) is 26.0 Å². The smallest absolute Gasteiger partial charge is 0.396 e. The first kappa shape index (κ1) is 12.6. The lowest BCUT2D eigenvalue weighted by Crippen LogP contribution is -2.34. The molecule has 0 bridgehead atoms. The monoisotopic (exact) mass is 247 g/mol. The lowest BCUT2D eigenvalue weighted by Gasteiger charge is -2.20. The van der Waals surface area contributed by atoms with Crippen molar-refractivity contribution in [2.45, 2.75) is 12.1 Å². The largest absolute Gasteiger partial charge is 0.458 e. The first-order valence-electron chi connectivity index (χ1n) is 3.77. The lowest BCUT2D eigenvalue weighted by atomic mass is 10.1. The van der Waals surface area contributed by atoms with Crippen LogP contribution in [0, 0.1) is 11.6 Å². The van der Waals surface area contributed by atoms with Crippen LogP contribution in [0.5, 0.6) is 0 Å². The number of anilines is 1. The number of nitrogen functional groups attached to an aromatic ring is 1. The minimum Gasteiger partial charge on any atom is -0.396 e. The molecule has 0 saturated heterocycles. The van der Waals surface area contributed by atoms with Crippen LogP contribution >= 0.6 is 0 Å². The SMILES string of the molecule is Nc1cc(F)c(C(F)(F)C(F)(F)F)cc1F. The second-order valence-electron chi connectivity index (χ2n) is 2.93. The van der Waals surface area contributed by atoms with Gasteiger partial charge in [-0.25, -0.2) is 8.78 Å². The maximum absolute atomic E-state index is 12.8. The van der Waals surface area contributed by atoms with E-state index in [-0.39, 0.29) is 12.1 Å². The van der Waals surface area contributed by atoms with Gasteiger partial charge in [0.05, 0.1) is 11.3 Å². The van der Waals surface area contributed by atoms with Gasteiger partial charge in [0.2, 0.25) is 0 Å². The van der Waals surface area contributed by atoms with Gasteiger partial charge < -0.3 is 5.73 Å². The number of rotatable bonds is 1. The highest BCUT2D eigenvalue weighted by molar-refractivity contribution is 5.43. The Kier molecular flexibility index (Phi) is 2.78. The average molecular weight is 247 g/mol. The number of hydrogen-bond donors (Lipinski definition) is 1. The van der Waals surface area contributed by atoms with Gasteiger partial charge in [0.15, 0.2) is 0 Å². The van der Waals surface area contributed by atoms with Crippen molar-refractivity contribution in [3.8, 4) is 0 Å². The zero-order valence-corrected chi connectivity index (χ0v) is 7.38. The molecule has 0 unspecified atom stereocenters. The lowest BCUT2D eigenvalue weighted by molar-refractivity contribution is -0.290. The Hall–Kier alpha value is -1.47. The van der Waals surface area contributed by atoms with E-state index >= 15 is 0 Å². The third-order valence-electron chi connectivity index (χ3n) is 1.78. The predicted octanol–water partition coefficient (Wildman–Crippen LogP) is 3.20.